The van der Waals surface area contributed by atoms with Gasteiger partial charge in [0.15, 0.2) is 0 Å². The van der Waals surface area contributed by atoms with Crippen molar-refractivity contribution in [3.8, 4) is 6.07 Å². The largest absolute Gasteiger partial charge is 0.433 e. The maximum Gasteiger partial charge on any atom is 0.433 e. The number of pyridine rings is 1. The molecule has 3 fully saturated rings. The van der Waals surface area contributed by atoms with Crippen LogP contribution in [0.15, 0.2) is 23.8 Å². The highest BCUT2D eigenvalue weighted by Gasteiger charge is 2.48. The molecule has 0 N–H and O–H groups in total. The van der Waals surface area contributed by atoms with Gasteiger partial charge in [0.2, 0.25) is 0 Å². The molecule has 1 aromatic rings. The average Bonchev–Trinajstić information content (AvgIpc) is 2.69. The first-order valence-corrected chi connectivity index (χ1v) is 9.51. The summed E-state index contributed by atoms with van der Waals surface area (Å²) in [6, 6.07) is 6.33. The van der Waals surface area contributed by atoms with Crippen molar-refractivity contribution < 1.29 is 18.0 Å². The Balaban J connectivity index is 1.74. The molecule has 0 saturated carbocycles. The smallest absolute Gasteiger partial charge is 0.335 e. The van der Waals surface area contributed by atoms with Crippen LogP contribution in [-0.4, -0.2) is 51.9 Å². The Hall–Kier alpha value is -2.40. The maximum absolute atomic E-state index is 12.8. The second-order valence-electron chi connectivity index (χ2n) is 7.29. The molecule has 3 aliphatic heterocycles. The zero-order chi connectivity index (χ0) is 20.5. The molecule has 2 bridgehead atoms. The first-order chi connectivity index (χ1) is 13.3. The van der Waals surface area contributed by atoms with Gasteiger partial charge in [0, 0.05) is 31.2 Å². The number of fused-ring (bicyclic) bond motifs is 2. The van der Waals surface area contributed by atoms with Crippen LogP contribution < -0.4 is 0 Å². The fourth-order valence-electron chi connectivity index (χ4n) is 4.26. The normalized spacial score (nSPS) is 22.8. The summed E-state index contributed by atoms with van der Waals surface area (Å²) in [7, 11) is 0. The lowest BCUT2D eigenvalue weighted by atomic mass is 9.84. The molecule has 1 amide bonds. The van der Waals surface area contributed by atoms with Gasteiger partial charge < -0.3 is 4.90 Å². The predicted molar refractivity (Wildman–Crippen MR) is 97.8 cm³/mol. The molecular formula is C20H23F3N4O. The zero-order valence-corrected chi connectivity index (χ0v) is 15.9. The molecule has 0 radical (unpaired) electrons. The van der Waals surface area contributed by atoms with Crippen molar-refractivity contribution >= 4 is 12.0 Å². The molecule has 4 heterocycles. The molecule has 2 atom stereocenters. The molecule has 28 heavy (non-hydrogen) atoms. The van der Waals surface area contributed by atoms with Crippen molar-refractivity contribution in [3.05, 3.63) is 35.2 Å². The number of alkyl halides is 3. The fraction of sp³-hybridized carbons (Fsp3) is 0.550. The van der Waals surface area contributed by atoms with Crippen molar-refractivity contribution in [1.82, 2.24) is 14.8 Å². The molecule has 0 spiro atoms. The number of carbonyl (C=O) groups is 1. The molecule has 0 aliphatic carbocycles. The standard InChI is InChI=1S/C20H23F3N4O/c1-3-15(4-2)27-16-9-17(27)12-26(11-16)19(28)13(10-24)8-14-6-5-7-18(25-14)20(21,22)23/h5-8,15-17H,3-4,9,11-12H2,1-2H3/b13-8+. The Kier molecular flexibility index (Phi) is 5.75. The molecule has 4 rings (SSSR count). The van der Waals surface area contributed by atoms with E-state index in [1.807, 2.05) is 6.07 Å². The summed E-state index contributed by atoms with van der Waals surface area (Å²) in [6.45, 7) is 5.40. The van der Waals surface area contributed by atoms with E-state index >= 15 is 0 Å². The number of nitrogens with zero attached hydrogens (tertiary/aromatic N) is 4. The highest BCUT2D eigenvalue weighted by molar-refractivity contribution is 6.01. The summed E-state index contributed by atoms with van der Waals surface area (Å²) in [4.78, 5) is 20.4. The molecule has 8 heteroatoms. The fourth-order valence-corrected chi connectivity index (χ4v) is 4.26. The highest BCUT2D eigenvalue weighted by atomic mass is 19.4. The van der Waals surface area contributed by atoms with Crippen LogP contribution in [-0.2, 0) is 11.0 Å². The van der Waals surface area contributed by atoms with E-state index in [0.29, 0.717) is 31.2 Å². The van der Waals surface area contributed by atoms with Gasteiger partial charge in [0.05, 0.1) is 5.69 Å². The van der Waals surface area contributed by atoms with E-state index in [-0.39, 0.29) is 11.3 Å². The van der Waals surface area contributed by atoms with Gasteiger partial charge in [0.25, 0.3) is 5.91 Å². The number of hydrogen-bond acceptors (Lipinski definition) is 4. The average molecular weight is 392 g/mol. The van der Waals surface area contributed by atoms with E-state index in [1.54, 1.807) is 4.90 Å². The van der Waals surface area contributed by atoms with Crippen LogP contribution in [0.4, 0.5) is 13.2 Å². The first-order valence-electron chi connectivity index (χ1n) is 9.51. The Morgan fingerprint density at radius 1 is 1.32 bits per heavy atom. The molecule has 3 aliphatic rings. The summed E-state index contributed by atoms with van der Waals surface area (Å²) in [6.07, 6.45) is -0.283. The van der Waals surface area contributed by atoms with Crippen molar-refractivity contribution in [2.45, 2.75) is 57.4 Å². The number of aromatic nitrogens is 1. The molecule has 3 saturated heterocycles. The number of rotatable bonds is 5. The molecule has 150 valence electrons. The minimum Gasteiger partial charge on any atom is -0.335 e. The Labute approximate surface area is 162 Å². The van der Waals surface area contributed by atoms with E-state index in [0.717, 1.165) is 31.4 Å². The van der Waals surface area contributed by atoms with Crippen molar-refractivity contribution in [2.24, 2.45) is 0 Å². The number of halogens is 3. The summed E-state index contributed by atoms with van der Waals surface area (Å²) in [5.41, 5.74) is -1.30. The van der Waals surface area contributed by atoms with Gasteiger partial charge in [-0.15, -0.1) is 0 Å². The Morgan fingerprint density at radius 2 is 1.96 bits per heavy atom. The van der Waals surface area contributed by atoms with E-state index in [2.05, 4.69) is 23.7 Å². The van der Waals surface area contributed by atoms with Gasteiger partial charge in [0.1, 0.15) is 17.3 Å². The third-order valence-corrected chi connectivity index (χ3v) is 5.61. The Bertz CT molecular complexity index is 798. The zero-order valence-electron chi connectivity index (χ0n) is 15.9. The van der Waals surface area contributed by atoms with E-state index in [1.165, 1.54) is 12.1 Å². The second-order valence-corrected chi connectivity index (χ2v) is 7.29. The van der Waals surface area contributed by atoms with Gasteiger partial charge in [-0.3, -0.25) is 9.69 Å². The van der Waals surface area contributed by atoms with Crippen LogP contribution in [0.1, 0.15) is 44.5 Å². The summed E-state index contributed by atoms with van der Waals surface area (Å²) in [5.74, 6) is -0.444. The van der Waals surface area contributed by atoms with Crippen LogP contribution in [0.3, 0.4) is 0 Å². The van der Waals surface area contributed by atoms with Crippen molar-refractivity contribution in [2.75, 3.05) is 13.1 Å². The third kappa shape index (κ3) is 3.90. The van der Waals surface area contributed by atoms with Gasteiger partial charge in [-0.05, 0) is 37.5 Å². The molecule has 1 aromatic heterocycles. The van der Waals surface area contributed by atoms with Crippen LogP contribution in [0.5, 0.6) is 0 Å². The number of hydrogen-bond donors (Lipinski definition) is 0. The van der Waals surface area contributed by atoms with Gasteiger partial charge >= 0.3 is 6.18 Å². The van der Waals surface area contributed by atoms with Crippen molar-refractivity contribution in [1.29, 1.82) is 5.26 Å². The minimum absolute atomic E-state index is 0.0550. The van der Waals surface area contributed by atoms with Crippen molar-refractivity contribution in [3.63, 3.8) is 0 Å². The number of amides is 1. The van der Waals surface area contributed by atoms with Gasteiger partial charge in [-0.1, -0.05) is 19.9 Å². The SMILES string of the molecule is CCC(CC)N1C2CC1CN(C(=O)/C(C#N)=C/c1cccc(C(F)(F)F)n1)C2. The predicted octanol–water partition coefficient (Wildman–Crippen LogP) is 3.48. The number of nitriles is 1. The molecule has 5 nitrogen and oxygen atoms in total. The molecule has 2 unspecified atom stereocenters. The monoisotopic (exact) mass is 392 g/mol. The quantitative estimate of drug-likeness (QED) is 0.569. The molecule has 0 aromatic carbocycles. The lowest BCUT2D eigenvalue weighted by Gasteiger charge is -2.59. The van der Waals surface area contributed by atoms with E-state index in [4.69, 9.17) is 0 Å². The summed E-state index contributed by atoms with van der Waals surface area (Å²) < 4.78 is 38.5. The van der Waals surface area contributed by atoms with Gasteiger partial charge in [-0.2, -0.15) is 18.4 Å². The van der Waals surface area contributed by atoms with Crippen LogP contribution in [0, 0.1) is 11.3 Å². The van der Waals surface area contributed by atoms with E-state index in [9.17, 15) is 23.2 Å². The number of carbonyl (C=O) groups excluding carboxylic acids is 1. The molecular weight excluding hydrogens is 369 g/mol. The van der Waals surface area contributed by atoms with Crippen LogP contribution >= 0.6 is 0 Å². The summed E-state index contributed by atoms with van der Waals surface area (Å²) >= 11 is 0. The third-order valence-electron chi connectivity index (χ3n) is 5.61. The van der Waals surface area contributed by atoms with Crippen LogP contribution in [0.2, 0.25) is 0 Å². The highest BCUT2D eigenvalue weighted by Crippen LogP contribution is 2.36. The van der Waals surface area contributed by atoms with E-state index < -0.39 is 17.8 Å². The van der Waals surface area contributed by atoms with Gasteiger partial charge in [-0.25, -0.2) is 4.98 Å². The maximum atomic E-state index is 12.8. The lowest BCUT2D eigenvalue weighted by Crippen LogP contribution is -2.71. The first kappa shape index (κ1) is 20.3. The second kappa shape index (κ2) is 7.92. The number of piperidine rings is 1. The summed E-state index contributed by atoms with van der Waals surface area (Å²) in [5, 5.41) is 9.38. The Morgan fingerprint density at radius 3 is 2.50 bits per heavy atom. The topological polar surface area (TPSA) is 60.2 Å². The lowest BCUT2D eigenvalue weighted by molar-refractivity contribution is -0.143. The van der Waals surface area contributed by atoms with Crippen LogP contribution in [0.25, 0.3) is 6.08 Å². The minimum atomic E-state index is -4.58. The number of piperazine rings is 1.